The average Bonchev–Trinajstić information content (AvgIpc) is 3.18. The summed E-state index contributed by atoms with van der Waals surface area (Å²) in [5.74, 6) is 0.999. The Morgan fingerprint density at radius 3 is 2.81 bits per heavy atom. The smallest absolute Gasteiger partial charge is 0.122 e. The van der Waals surface area contributed by atoms with E-state index >= 15 is 0 Å². The van der Waals surface area contributed by atoms with Gasteiger partial charge in [0.15, 0.2) is 0 Å². The minimum absolute atomic E-state index is 0.548. The number of fused-ring (bicyclic) bond motifs is 1. The van der Waals surface area contributed by atoms with Crippen LogP contribution in [-0.2, 0) is 6.42 Å². The van der Waals surface area contributed by atoms with E-state index in [1.807, 2.05) is 6.20 Å². The first kappa shape index (κ1) is 16.9. The summed E-state index contributed by atoms with van der Waals surface area (Å²) in [7, 11) is 1.76. The summed E-state index contributed by atoms with van der Waals surface area (Å²) in [4.78, 5) is 3.30. The third-order valence-electron chi connectivity index (χ3n) is 5.37. The molecule has 2 N–H and O–H groups in total. The first-order chi connectivity index (χ1) is 12.8. The van der Waals surface area contributed by atoms with E-state index in [0.717, 1.165) is 31.6 Å². The van der Waals surface area contributed by atoms with Gasteiger partial charge in [-0.15, -0.1) is 0 Å². The van der Waals surface area contributed by atoms with Crippen LogP contribution in [-0.4, -0.2) is 24.7 Å². The highest BCUT2D eigenvalue weighted by atomic mass is 16.5. The SMILES string of the molecule is COc1ccc2[nH]ccc2c1CCCC1CC(c2ccccc2)=CCN1. The molecule has 1 aliphatic rings. The third kappa shape index (κ3) is 3.54. The van der Waals surface area contributed by atoms with Gasteiger partial charge >= 0.3 is 0 Å². The lowest BCUT2D eigenvalue weighted by Crippen LogP contribution is -2.32. The third-order valence-corrected chi connectivity index (χ3v) is 5.37. The number of aromatic nitrogens is 1. The van der Waals surface area contributed by atoms with Crippen LogP contribution in [0.1, 0.15) is 30.4 Å². The van der Waals surface area contributed by atoms with E-state index in [2.05, 4.69) is 64.9 Å². The zero-order valence-electron chi connectivity index (χ0n) is 15.3. The minimum Gasteiger partial charge on any atom is -0.496 e. The molecular weight excluding hydrogens is 320 g/mol. The van der Waals surface area contributed by atoms with Crippen LogP contribution >= 0.6 is 0 Å². The zero-order chi connectivity index (χ0) is 17.8. The monoisotopic (exact) mass is 346 g/mol. The van der Waals surface area contributed by atoms with Gasteiger partial charge in [-0.1, -0.05) is 36.4 Å². The second-order valence-electron chi connectivity index (χ2n) is 6.98. The van der Waals surface area contributed by atoms with Gasteiger partial charge in [0.05, 0.1) is 7.11 Å². The van der Waals surface area contributed by atoms with Crippen molar-refractivity contribution in [3.05, 3.63) is 71.9 Å². The first-order valence-corrected chi connectivity index (χ1v) is 9.46. The van der Waals surface area contributed by atoms with Gasteiger partial charge in [-0.3, -0.25) is 0 Å². The Kier molecular flexibility index (Phi) is 5.07. The van der Waals surface area contributed by atoms with Gasteiger partial charge in [0.2, 0.25) is 0 Å². The molecule has 0 aliphatic carbocycles. The predicted octanol–water partition coefficient (Wildman–Crippen LogP) is 4.94. The van der Waals surface area contributed by atoms with Crippen LogP contribution in [0.3, 0.4) is 0 Å². The number of aromatic amines is 1. The van der Waals surface area contributed by atoms with Crippen molar-refractivity contribution in [2.45, 2.75) is 31.7 Å². The fraction of sp³-hybridized carbons (Fsp3) is 0.304. The van der Waals surface area contributed by atoms with E-state index < -0.39 is 0 Å². The molecule has 26 heavy (non-hydrogen) atoms. The Bertz CT molecular complexity index is 895. The molecular formula is C23H26N2O. The van der Waals surface area contributed by atoms with Gasteiger partial charge in [-0.25, -0.2) is 0 Å². The van der Waals surface area contributed by atoms with Crippen LogP contribution in [0.4, 0.5) is 0 Å². The molecule has 3 aromatic rings. The summed E-state index contributed by atoms with van der Waals surface area (Å²) < 4.78 is 5.60. The van der Waals surface area contributed by atoms with Crippen LogP contribution < -0.4 is 10.1 Å². The first-order valence-electron chi connectivity index (χ1n) is 9.46. The molecule has 0 saturated heterocycles. The van der Waals surface area contributed by atoms with Crippen LogP contribution in [0.2, 0.25) is 0 Å². The number of H-pyrrole nitrogens is 1. The molecule has 4 rings (SSSR count). The van der Waals surface area contributed by atoms with Gasteiger partial charge in [-0.05, 0) is 55.0 Å². The van der Waals surface area contributed by atoms with E-state index in [9.17, 15) is 0 Å². The van der Waals surface area contributed by atoms with Crippen molar-refractivity contribution in [3.63, 3.8) is 0 Å². The van der Waals surface area contributed by atoms with Gasteiger partial charge in [0.25, 0.3) is 0 Å². The quantitative estimate of drug-likeness (QED) is 0.663. The molecule has 0 fully saturated rings. The van der Waals surface area contributed by atoms with Crippen molar-refractivity contribution >= 4 is 16.5 Å². The summed E-state index contributed by atoms with van der Waals surface area (Å²) in [6.45, 7) is 0.964. The van der Waals surface area contributed by atoms with E-state index in [1.165, 1.54) is 34.0 Å². The van der Waals surface area contributed by atoms with Crippen LogP contribution in [0.15, 0.2) is 60.8 Å². The summed E-state index contributed by atoms with van der Waals surface area (Å²) in [6.07, 6.45) is 8.81. The lowest BCUT2D eigenvalue weighted by atomic mass is 9.92. The average molecular weight is 346 g/mol. The lowest BCUT2D eigenvalue weighted by Gasteiger charge is -2.25. The highest BCUT2D eigenvalue weighted by Gasteiger charge is 2.16. The number of hydrogen-bond donors (Lipinski definition) is 2. The maximum Gasteiger partial charge on any atom is 0.122 e. The van der Waals surface area contributed by atoms with Crippen LogP contribution in [0.25, 0.3) is 16.5 Å². The molecule has 1 unspecified atom stereocenters. The van der Waals surface area contributed by atoms with E-state index in [4.69, 9.17) is 4.74 Å². The Morgan fingerprint density at radius 2 is 1.96 bits per heavy atom. The summed E-state index contributed by atoms with van der Waals surface area (Å²) in [5.41, 5.74) is 5.34. The number of rotatable bonds is 6. The second-order valence-corrected chi connectivity index (χ2v) is 6.98. The molecule has 1 aliphatic heterocycles. The summed E-state index contributed by atoms with van der Waals surface area (Å²) in [6, 6.07) is 17.6. The van der Waals surface area contributed by atoms with Crippen molar-refractivity contribution in [2.24, 2.45) is 0 Å². The highest BCUT2D eigenvalue weighted by molar-refractivity contribution is 5.85. The Hall–Kier alpha value is -2.52. The summed E-state index contributed by atoms with van der Waals surface area (Å²) >= 11 is 0. The number of hydrogen-bond acceptors (Lipinski definition) is 2. The van der Waals surface area contributed by atoms with E-state index in [-0.39, 0.29) is 0 Å². The summed E-state index contributed by atoms with van der Waals surface area (Å²) in [5, 5.41) is 4.94. The fourth-order valence-corrected chi connectivity index (χ4v) is 4.01. The maximum atomic E-state index is 5.60. The molecule has 0 saturated carbocycles. The van der Waals surface area contributed by atoms with Crippen molar-refractivity contribution < 1.29 is 4.74 Å². The number of methoxy groups -OCH3 is 1. The van der Waals surface area contributed by atoms with Gasteiger partial charge < -0.3 is 15.0 Å². The number of aryl methyl sites for hydroxylation is 1. The standard InChI is InChI=1S/C23H26N2O/c1-26-23-11-10-22-20(13-15-25-22)21(23)9-5-8-19-16-18(12-14-24-19)17-6-3-2-4-7-17/h2-4,6-7,10-13,15,19,24-25H,5,8-9,14,16H2,1H3. The number of nitrogens with one attached hydrogen (secondary N) is 2. The second kappa shape index (κ2) is 7.79. The topological polar surface area (TPSA) is 37.0 Å². The fourth-order valence-electron chi connectivity index (χ4n) is 4.01. The number of ether oxygens (including phenoxy) is 1. The molecule has 1 aromatic heterocycles. The lowest BCUT2D eigenvalue weighted by molar-refractivity contribution is 0.408. The molecule has 1 atom stereocenters. The van der Waals surface area contributed by atoms with Crippen molar-refractivity contribution in [2.75, 3.05) is 13.7 Å². The Labute approximate surface area is 155 Å². The maximum absolute atomic E-state index is 5.60. The predicted molar refractivity (Wildman–Crippen MR) is 109 cm³/mol. The molecule has 2 heterocycles. The van der Waals surface area contributed by atoms with Crippen molar-refractivity contribution in [3.8, 4) is 5.75 Å². The zero-order valence-corrected chi connectivity index (χ0v) is 15.3. The van der Waals surface area contributed by atoms with Crippen LogP contribution in [0.5, 0.6) is 5.75 Å². The molecule has 0 amide bonds. The van der Waals surface area contributed by atoms with Gasteiger partial charge in [-0.2, -0.15) is 0 Å². The van der Waals surface area contributed by atoms with E-state index in [0.29, 0.717) is 6.04 Å². The van der Waals surface area contributed by atoms with E-state index in [1.54, 1.807) is 7.11 Å². The molecule has 0 spiro atoms. The normalized spacial score (nSPS) is 17.3. The van der Waals surface area contributed by atoms with Crippen LogP contribution in [0, 0.1) is 0 Å². The molecule has 0 radical (unpaired) electrons. The largest absolute Gasteiger partial charge is 0.496 e. The molecule has 3 nitrogen and oxygen atoms in total. The molecule has 0 bridgehead atoms. The van der Waals surface area contributed by atoms with Crippen molar-refractivity contribution in [1.82, 2.24) is 10.3 Å². The minimum atomic E-state index is 0.548. The Balaban J connectivity index is 1.40. The number of benzene rings is 2. The van der Waals surface area contributed by atoms with Gasteiger partial charge in [0, 0.05) is 35.2 Å². The molecule has 3 heteroatoms. The van der Waals surface area contributed by atoms with Crippen molar-refractivity contribution in [1.29, 1.82) is 0 Å². The molecule has 134 valence electrons. The van der Waals surface area contributed by atoms with Gasteiger partial charge in [0.1, 0.15) is 5.75 Å². The molecule has 2 aromatic carbocycles. The highest BCUT2D eigenvalue weighted by Crippen LogP contribution is 2.30. The Morgan fingerprint density at radius 1 is 1.08 bits per heavy atom.